The van der Waals surface area contributed by atoms with Gasteiger partial charge in [0.1, 0.15) is 5.82 Å². The summed E-state index contributed by atoms with van der Waals surface area (Å²) in [5.74, 6) is 0.0468. The molecule has 1 aliphatic heterocycles. The minimum Gasteiger partial charge on any atom is -0.350 e. The molecule has 1 saturated heterocycles. The zero-order valence-corrected chi connectivity index (χ0v) is 14.1. The van der Waals surface area contributed by atoms with E-state index in [-0.39, 0.29) is 11.7 Å². The Hall–Kier alpha value is -2.28. The van der Waals surface area contributed by atoms with Gasteiger partial charge in [-0.3, -0.25) is 19.8 Å². The fourth-order valence-electron chi connectivity index (χ4n) is 3.82. The molecule has 7 heteroatoms. The van der Waals surface area contributed by atoms with E-state index < -0.39 is 0 Å². The summed E-state index contributed by atoms with van der Waals surface area (Å²) in [5.41, 5.74) is 3.42. The fraction of sp³-hybridized carbons (Fsp3) is 0.500. The largest absolute Gasteiger partial charge is 0.350 e. The van der Waals surface area contributed by atoms with Crippen molar-refractivity contribution in [2.24, 2.45) is 5.92 Å². The molecule has 2 aromatic rings. The number of hydrogen-bond donors (Lipinski definition) is 2. The second-order valence-electron chi connectivity index (χ2n) is 6.95. The van der Waals surface area contributed by atoms with Gasteiger partial charge in [0.15, 0.2) is 5.69 Å². The number of hydrogen-bond acceptors (Lipinski definition) is 4. The molecule has 1 atom stereocenters. The maximum atomic E-state index is 13.7. The zero-order chi connectivity index (χ0) is 17.2. The summed E-state index contributed by atoms with van der Waals surface area (Å²) in [4.78, 5) is 18.4. The molecular weight excluding hydrogens is 321 g/mol. The highest BCUT2D eigenvalue weighted by molar-refractivity contribution is 5.94. The number of pyridine rings is 1. The lowest BCUT2D eigenvalue weighted by molar-refractivity contribution is 0.0941. The van der Waals surface area contributed by atoms with Crippen LogP contribution in [0, 0.1) is 11.7 Å². The molecule has 1 fully saturated rings. The van der Waals surface area contributed by atoms with Crippen molar-refractivity contribution in [2.45, 2.75) is 32.2 Å². The van der Waals surface area contributed by atoms with Crippen LogP contribution < -0.4 is 5.32 Å². The number of aromatic nitrogens is 3. The van der Waals surface area contributed by atoms with Crippen molar-refractivity contribution in [1.29, 1.82) is 0 Å². The number of amides is 1. The van der Waals surface area contributed by atoms with Crippen molar-refractivity contribution in [2.75, 3.05) is 19.6 Å². The fourth-order valence-corrected chi connectivity index (χ4v) is 3.82. The third-order valence-electron chi connectivity index (χ3n) is 5.19. The average Bonchev–Trinajstić information content (AvgIpc) is 3.31. The van der Waals surface area contributed by atoms with Crippen LogP contribution >= 0.6 is 0 Å². The Morgan fingerprint density at radius 2 is 2.36 bits per heavy atom. The minimum atomic E-state index is -0.258. The summed E-state index contributed by atoms with van der Waals surface area (Å²) in [6.07, 6.45) is 6.89. The zero-order valence-electron chi connectivity index (χ0n) is 14.1. The quantitative estimate of drug-likeness (QED) is 0.866. The number of rotatable bonds is 5. The monoisotopic (exact) mass is 343 g/mol. The standard InChI is InChI=1S/C18H22FN5O/c19-15-9-20-6-4-13(15)11-24-7-5-12(10-24)8-21-18(25)17-14-2-1-3-16(14)22-23-17/h4,6,9,12H,1-3,5,7-8,10-11H2,(H,21,25)(H,22,23)/t12-/m1/s1. The van der Waals surface area contributed by atoms with Gasteiger partial charge in [0.2, 0.25) is 0 Å². The van der Waals surface area contributed by atoms with Crippen LogP contribution in [0.4, 0.5) is 4.39 Å². The smallest absolute Gasteiger partial charge is 0.272 e. The first-order chi connectivity index (χ1) is 12.2. The van der Waals surface area contributed by atoms with E-state index in [4.69, 9.17) is 0 Å². The van der Waals surface area contributed by atoms with Crippen molar-refractivity contribution in [1.82, 2.24) is 25.4 Å². The van der Waals surface area contributed by atoms with Gasteiger partial charge in [0.25, 0.3) is 5.91 Å². The molecule has 25 heavy (non-hydrogen) atoms. The normalized spacial score (nSPS) is 20.0. The lowest BCUT2D eigenvalue weighted by atomic mass is 10.1. The molecular formula is C18H22FN5O. The molecule has 0 saturated carbocycles. The number of carbonyl (C=O) groups is 1. The van der Waals surface area contributed by atoms with Gasteiger partial charge in [-0.2, -0.15) is 5.10 Å². The lowest BCUT2D eigenvalue weighted by Gasteiger charge is -2.16. The van der Waals surface area contributed by atoms with Crippen LogP contribution in [0.1, 0.15) is 40.2 Å². The molecule has 132 valence electrons. The minimum absolute atomic E-state index is 0.0852. The summed E-state index contributed by atoms with van der Waals surface area (Å²) in [6, 6.07) is 1.72. The Labute approximate surface area is 145 Å². The third kappa shape index (κ3) is 3.42. The van der Waals surface area contributed by atoms with E-state index in [9.17, 15) is 9.18 Å². The van der Waals surface area contributed by atoms with E-state index in [1.54, 1.807) is 12.3 Å². The van der Waals surface area contributed by atoms with E-state index >= 15 is 0 Å². The number of H-pyrrole nitrogens is 1. The lowest BCUT2D eigenvalue weighted by Crippen LogP contribution is -2.31. The maximum absolute atomic E-state index is 13.7. The summed E-state index contributed by atoms with van der Waals surface area (Å²) in [6.45, 7) is 3.00. The molecule has 0 spiro atoms. The van der Waals surface area contributed by atoms with E-state index in [1.165, 1.54) is 6.20 Å². The summed E-state index contributed by atoms with van der Waals surface area (Å²) >= 11 is 0. The number of aryl methyl sites for hydroxylation is 1. The van der Waals surface area contributed by atoms with Gasteiger partial charge in [-0.25, -0.2) is 4.39 Å². The Balaban J connectivity index is 1.28. The topological polar surface area (TPSA) is 73.9 Å². The van der Waals surface area contributed by atoms with Crippen LogP contribution in [0.2, 0.25) is 0 Å². The van der Waals surface area contributed by atoms with Gasteiger partial charge in [-0.15, -0.1) is 0 Å². The molecule has 2 aliphatic rings. The number of likely N-dealkylation sites (tertiary alicyclic amines) is 1. The molecule has 0 unspecified atom stereocenters. The molecule has 6 nitrogen and oxygen atoms in total. The first-order valence-corrected chi connectivity index (χ1v) is 8.86. The van der Waals surface area contributed by atoms with Gasteiger partial charge in [0.05, 0.1) is 6.20 Å². The van der Waals surface area contributed by atoms with Crippen LogP contribution in [-0.4, -0.2) is 45.6 Å². The van der Waals surface area contributed by atoms with E-state index in [2.05, 4.69) is 25.4 Å². The maximum Gasteiger partial charge on any atom is 0.272 e. The van der Waals surface area contributed by atoms with Crippen molar-refractivity contribution >= 4 is 5.91 Å². The average molecular weight is 343 g/mol. The number of nitrogens with one attached hydrogen (secondary N) is 2. The molecule has 0 bridgehead atoms. The predicted octanol–water partition coefficient (Wildman–Crippen LogP) is 1.68. The number of halogens is 1. The Kier molecular flexibility index (Phi) is 4.48. The summed E-state index contributed by atoms with van der Waals surface area (Å²) in [7, 11) is 0. The van der Waals surface area contributed by atoms with E-state index in [0.717, 1.165) is 50.0 Å². The summed E-state index contributed by atoms with van der Waals surface area (Å²) in [5, 5.41) is 10.2. The Bertz CT molecular complexity index is 775. The highest BCUT2D eigenvalue weighted by Gasteiger charge is 2.26. The molecule has 4 rings (SSSR count). The second-order valence-corrected chi connectivity index (χ2v) is 6.95. The van der Waals surface area contributed by atoms with Gasteiger partial charge in [-0.05, 0) is 44.2 Å². The number of aromatic amines is 1. The Morgan fingerprint density at radius 1 is 1.44 bits per heavy atom. The number of carbonyl (C=O) groups excluding carboxylic acids is 1. The van der Waals surface area contributed by atoms with Crippen LogP contribution in [0.3, 0.4) is 0 Å². The SMILES string of the molecule is O=C(NC[C@H]1CCN(Cc2ccncc2F)C1)c1n[nH]c2c1CCC2. The highest BCUT2D eigenvalue weighted by atomic mass is 19.1. The number of nitrogens with zero attached hydrogens (tertiary/aromatic N) is 3. The third-order valence-corrected chi connectivity index (χ3v) is 5.19. The predicted molar refractivity (Wildman–Crippen MR) is 90.5 cm³/mol. The van der Waals surface area contributed by atoms with Crippen LogP contribution in [0.15, 0.2) is 18.5 Å². The van der Waals surface area contributed by atoms with Gasteiger partial charge < -0.3 is 5.32 Å². The second kappa shape index (κ2) is 6.92. The number of fused-ring (bicyclic) bond motifs is 1. The van der Waals surface area contributed by atoms with E-state index in [0.29, 0.717) is 30.3 Å². The molecule has 2 N–H and O–H groups in total. The Morgan fingerprint density at radius 3 is 3.24 bits per heavy atom. The van der Waals surface area contributed by atoms with Gasteiger partial charge in [-0.1, -0.05) is 0 Å². The van der Waals surface area contributed by atoms with Gasteiger partial charge >= 0.3 is 0 Å². The van der Waals surface area contributed by atoms with Crippen LogP contribution in [0.25, 0.3) is 0 Å². The van der Waals surface area contributed by atoms with Crippen molar-refractivity contribution in [3.05, 3.63) is 46.8 Å². The van der Waals surface area contributed by atoms with Crippen LogP contribution in [-0.2, 0) is 19.4 Å². The first kappa shape index (κ1) is 16.2. The van der Waals surface area contributed by atoms with Crippen molar-refractivity contribution in [3.8, 4) is 0 Å². The molecule has 3 heterocycles. The molecule has 0 aromatic carbocycles. The highest BCUT2D eigenvalue weighted by Crippen LogP contribution is 2.23. The molecule has 2 aromatic heterocycles. The molecule has 1 aliphatic carbocycles. The summed E-state index contributed by atoms with van der Waals surface area (Å²) < 4.78 is 13.7. The first-order valence-electron chi connectivity index (χ1n) is 8.86. The van der Waals surface area contributed by atoms with E-state index in [1.807, 2.05) is 0 Å². The molecule has 0 radical (unpaired) electrons. The van der Waals surface area contributed by atoms with Gasteiger partial charge in [0, 0.05) is 42.7 Å². The molecule has 1 amide bonds. The van der Waals surface area contributed by atoms with Crippen LogP contribution in [0.5, 0.6) is 0 Å². The van der Waals surface area contributed by atoms with Crippen molar-refractivity contribution in [3.63, 3.8) is 0 Å². The van der Waals surface area contributed by atoms with Crippen molar-refractivity contribution < 1.29 is 9.18 Å².